The van der Waals surface area contributed by atoms with Crippen LogP contribution in [0.15, 0.2) is 47.1 Å². The highest BCUT2D eigenvalue weighted by Crippen LogP contribution is 2.17. The van der Waals surface area contributed by atoms with Crippen molar-refractivity contribution >= 4 is 11.8 Å². The Morgan fingerprint density at radius 1 is 1.21 bits per heavy atom. The summed E-state index contributed by atoms with van der Waals surface area (Å²) < 4.78 is 10.5. The van der Waals surface area contributed by atoms with Gasteiger partial charge in [0.1, 0.15) is 11.5 Å². The van der Waals surface area contributed by atoms with Crippen LogP contribution in [-0.2, 0) is 22.6 Å². The van der Waals surface area contributed by atoms with Gasteiger partial charge in [-0.15, -0.1) is 0 Å². The first kappa shape index (κ1) is 17.6. The van der Waals surface area contributed by atoms with E-state index in [1.807, 2.05) is 24.3 Å². The maximum Gasteiger partial charge on any atom is 0.239 e. The van der Waals surface area contributed by atoms with E-state index < -0.39 is 0 Å². The number of carbonyl (C=O) groups excluding carboxylic acids is 2. The minimum atomic E-state index is -0.202. The Morgan fingerprint density at radius 3 is 2.67 bits per heavy atom. The molecule has 6 heteroatoms. The molecule has 1 aromatic heterocycles. The molecule has 0 aliphatic heterocycles. The summed E-state index contributed by atoms with van der Waals surface area (Å²) in [6, 6.07) is 11.2. The van der Waals surface area contributed by atoms with Crippen LogP contribution in [0.25, 0.3) is 0 Å². The summed E-state index contributed by atoms with van der Waals surface area (Å²) in [7, 11) is 1.62. The number of methoxy groups -OCH3 is 1. The van der Waals surface area contributed by atoms with Crippen molar-refractivity contribution in [1.29, 1.82) is 0 Å². The molecule has 0 saturated heterocycles. The van der Waals surface area contributed by atoms with Gasteiger partial charge in [-0.1, -0.05) is 18.2 Å². The summed E-state index contributed by atoms with van der Waals surface area (Å²) in [4.78, 5) is 25.2. The molecule has 0 bridgehead atoms. The fourth-order valence-corrected chi connectivity index (χ4v) is 2.34. The topological polar surface area (TPSA) is 71.8 Å². The van der Waals surface area contributed by atoms with Gasteiger partial charge in [-0.25, -0.2) is 0 Å². The third-order valence-electron chi connectivity index (χ3n) is 3.62. The zero-order chi connectivity index (χ0) is 17.4. The van der Waals surface area contributed by atoms with Gasteiger partial charge in [-0.05, 0) is 30.2 Å². The Kier molecular flexibility index (Phi) is 6.42. The van der Waals surface area contributed by atoms with Gasteiger partial charge >= 0.3 is 0 Å². The summed E-state index contributed by atoms with van der Waals surface area (Å²) in [6.45, 7) is 2.20. The lowest BCUT2D eigenvalue weighted by atomic mass is 10.1. The van der Waals surface area contributed by atoms with Gasteiger partial charge in [0.05, 0.1) is 26.5 Å². The molecule has 1 aromatic carbocycles. The summed E-state index contributed by atoms with van der Waals surface area (Å²) in [5.41, 5.74) is 1.03. The Balaban J connectivity index is 1.81. The highest BCUT2D eigenvalue weighted by atomic mass is 16.5. The number of furan rings is 1. The van der Waals surface area contributed by atoms with E-state index in [-0.39, 0.29) is 24.9 Å². The molecule has 2 aromatic rings. The smallest absolute Gasteiger partial charge is 0.239 e. The molecule has 0 saturated carbocycles. The number of para-hydroxylation sites is 1. The van der Waals surface area contributed by atoms with Crippen molar-refractivity contribution < 1.29 is 18.7 Å². The first-order valence-corrected chi connectivity index (χ1v) is 7.76. The summed E-state index contributed by atoms with van der Waals surface area (Å²) in [5, 5.41) is 2.83. The van der Waals surface area contributed by atoms with Gasteiger partial charge in [0.2, 0.25) is 11.8 Å². The van der Waals surface area contributed by atoms with Crippen LogP contribution < -0.4 is 10.1 Å². The van der Waals surface area contributed by atoms with E-state index >= 15 is 0 Å². The molecule has 0 aliphatic carbocycles. The van der Waals surface area contributed by atoms with E-state index in [1.54, 1.807) is 25.5 Å². The van der Waals surface area contributed by atoms with Gasteiger partial charge in [0, 0.05) is 13.5 Å². The van der Waals surface area contributed by atoms with Crippen LogP contribution in [0.1, 0.15) is 18.2 Å². The summed E-state index contributed by atoms with van der Waals surface area (Å²) in [6.07, 6.45) is 2.20. The molecule has 0 fully saturated rings. The van der Waals surface area contributed by atoms with Crippen LogP contribution in [0.2, 0.25) is 0 Å². The van der Waals surface area contributed by atoms with Crippen molar-refractivity contribution in [2.75, 3.05) is 20.2 Å². The monoisotopic (exact) mass is 330 g/mol. The van der Waals surface area contributed by atoms with Crippen LogP contribution in [0.5, 0.6) is 5.75 Å². The standard InChI is InChI=1S/C18H22N2O4/c1-14(21)20(12-16-7-5-11-24-16)13-18(22)19-10-9-15-6-3-4-8-17(15)23-2/h3-8,11H,9-10,12-13H2,1-2H3,(H,19,22). The maximum atomic E-state index is 12.1. The van der Waals surface area contributed by atoms with Crippen LogP contribution in [0.4, 0.5) is 0 Å². The van der Waals surface area contributed by atoms with Crippen LogP contribution in [0.3, 0.4) is 0 Å². The molecule has 24 heavy (non-hydrogen) atoms. The number of hydrogen-bond acceptors (Lipinski definition) is 4. The minimum Gasteiger partial charge on any atom is -0.496 e. The second kappa shape index (κ2) is 8.76. The van der Waals surface area contributed by atoms with Gasteiger partial charge < -0.3 is 19.4 Å². The normalized spacial score (nSPS) is 10.2. The van der Waals surface area contributed by atoms with Crippen LogP contribution >= 0.6 is 0 Å². The lowest BCUT2D eigenvalue weighted by molar-refractivity contribution is -0.135. The van der Waals surface area contributed by atoms with E-state index in [0.717, 1.165) is 11.3 Å². The maximum absolute atomic E-state index is 12.1. The number of benzene rings is 1. The van der Waals surface area contributed by atoms with Crippen molar-refractivity contribution in [3.8, 4) is 5.75 Å². The number of nitrogens with one attached hydrogen (secondary N) is 1. The first-order chi connectivity index (χ1) is 11.6. The quantitative estimate of drug-likeness (QED) is 0.803. The Morgan fingerprint density at radius 2 is 2.00 bits per heavy atom. The first-order valence-electron chi connectivity index (χ1n) is 7.76. The van der Waals surface area contributed by atoms with E-state index in [9.17, 15) is 9.59 Å². The average Bonchev–Trinajstić information content (AvgIpc) is 3.07. The number of hydrogen-bond donors (Lipinski definition) is 1. The van der Waals surface area contributed by atoms with E-state index in [1.165, 1.54) is 11.8 Å². The van der Waals surface area contributed by atoms with Gasteiger partial charge in [0.25, 0.3) is 0 Å². The summed E-state index contributed by atoms with van der Waals surface area (Å²) >= 11 is 0. The molecule has 2 amide bonds. The average molecular weight is 330 g/mol. The van der Waals surface area contributed by atoms with Gasteiger partial charge in [-0.3, -0.25) is 9.59 Å². The largest absolute Gasteiger partial charge is 0.496 e. The van der Waals surface area contributed by atoms with Crippen molar-refractivity contribution in [1.82, 2.24) is 10.2 Å². The number of carbonyl (C=O) groups is 2. The zero-order valence-electron chi connectivity index (χ0n) is 14.0. The lowest BCUT2D eigenvalue weighted by Crippen LogP contribution is -2.39. The molecule has 0 atom stereocenters. The molecule has 0 aliphatic rings. The second-order valence-electron chi connectivity index (χ2n) is 5.37. The molecule has 1 N–H and O–H groups in total. The fraction of sp³-hybridized carbons (Fsp3) is 0.333. The fourth-order valence-electron chi connectivity index (χ4n) is 2.34. The Bertz CT molecular complexity index is 667. The second-order valence-corrected chi connectivity index (χ2v) is 5.37. The zero-order valence-corrected chi connectivity index (χ0v) is 14.0. The molecular weight excluding hydrogens is 308 g/mol. The van der Waals surface area contributed by atoms with E-state index in [4.69, 9.17) is 9.15 Å². The number of ether oxygens (including phenoxy) is 1. The van der Waals surface area contributed by atoms with Crippen LogP contribution in [-0.4, -0.2) is 36.9 Å². The van der Waals surface area contributed by atoms with E-state index in [0.29, 0.717) is 18.7 Å². The highest BCUT2D eigenvalue weighted by molar-refractivity contribution is 5.83. The van der Waals surface area contributed by atoms with Crippen molar-refractivity contribution in [3.63, 3.8) is 0 Å². The van der Waals surface area contributed by atoms with E-state index in [2.05, 4.69) is 5.32 Å². The Labute approximate surface area is 141 Å². The number of rotatable bonds is 8. The lowest BCUT2D eigenvalue weighted by Gasteiger charge is -2.19. The predicted octanol–water partition coefficient (Wildman–Crippen LogP) is 2.00. The molecule has 1 heterocycles. The highest BCUT2D eigenvalue weighted by Gasteiger charge is 2.15. The van der Waals surface area contributed by atoms with Crippen molar-refractivity contribution in [2.24, 2.45) is 0 Å². The number of amides is 2. The summed E-state index contributed by atoms with van der Waals surface area (Å²) in [5.74, 6) is 1.07. The molecule has 0 radical (unpaired) electrons. The minimum absolute atomic E-state index is 0.00194. The SMILES string of the molecule is COc1ccccc1CCNC(=O)CN(Cc1ccco1)C(C)=O. The van der Waals surface area contributed by atoms with Gasteiger partial charge in [0.15, 0.2) is 0 Å². The molecule has 6 nitrogen and oxygen atoms in total. The van der Waals surface area contributed by atoms with Gasteiger partial charge in [-0.2, -0.15) is 0 Å². The molecule has 2 rings (SSSR count). The number of nitrogens with zero attached hydrogens (tertiary/aromatic N) is 1. The van der Waals surface area contributed by atoms with Crippen molar-refractivity contribution in [2.45, 2.75) is 19.9 Å². The molecule has 0 unspecified atom stereocenters. The molecule has 128 valence electrons. The predicted molar refractivity (Wildman–Crippen MR) is 89.5 cm³/mol. The molecule has 0 spiro atoms. The van der Waals surface area contributed by atoms with Crippen molar-refractivity contribution in [3.05, 3.63) is 54.0 Å². The third kappa shape index (κ3) is 5.15. The Hall–Kier alpha value is -2.76. The van der Waals surface area contributed by atoms with Crippen LogP contribution in [0, 0.1) is 0 Å². The third-order valence-corrected chi connectivity index (χ3v) is 3.62. The molecular formula is C18H22N2O4.